The second-order valence-corrected chi connectivity index (χ2v) is 4.28. The second-order valence-electron chi connectivity index (χ2n) is 3.55. The number of nitrogens with zero attached hydrogens (tertiary/aromatic N) is 1. The molecule has 15 heavy (non-hydrogen) atoms. The fourth-order valence-corrected chi connectivity index (χ4v) is 1.99. The van der Waals surface area contributed by atoms with Crippen LogP contribution in [0.25, 0.3) is 0 Å². The molecular weight excluding hydrogens is 249 g/mol. The number of anilines is 1. The molecule has 0 spiro atoms. The molecule has 86 valence electrons. The van der Waals surface area contributed by atoms with Crippen LogP contribution in [0.4, 0.5) is 5.69 Å². The zero-order chi connectivity index (χ0) is 9.10. The summed E-state index contributed by atoms with van der Waals surface area (Å²) in [6.45, 7) is 2.30. The largest absolute Gasteiger partial charge is 0.371 e. The van der Waals surface area contributed by atoms with Crippen molar-refractivity contribution in [1.29, 1.82) is 0 Å². The molecule has 0 bridgehead atoms. The lowest BCUT2D eigenvalue weighted by atomic mass is 10.1. The SMILES string of the molecule is Cl.Cl.SC1CCN(c2ccccc2)CC1. The van der Waals surface area contributed by atoms with Crippen LogP contribution in [0.5, 0.6) is 0 Å². The van der Waals surface area contributed by atoms with Crippen molar-refractivity contribution in [2.45, 2.75) is 18.1 Å². The van der Waals surface area contributed by atoms with Crippen molar-refractivity contribution in [2.75, 3.05) is 18.0 Å². The molecule has 1 nitrogen and oxygen atoms in total. The molecule has 0 atom stereocenters. The second kappa shape index (κ2) is 7.26. The molecule has 1 aromatic carbocycles. The van der Waals surface area contributed by atoms with Gasteiger partial charge in [-0.1, -0.05) is 18.2 Å². The first-order chi connectivity index (χ1) is 6.36. The zero-order valence-corrected chi connectivity index (χ0v) is 11.0. The minimum atomic E-state index is 0. The number of benzene rings is 1. The third-order valence-corrected chi connectivity index (χ3v) is 3.10. The van der Waals surface area contributed by atoms with Crippen LogP contribution in [0.2, 0.25) is 0 Å². The third-order valence-electron chi connectivity index (χ3n) is 2.59. The zero-order valence-electron chi connectivity index (χ0n) is 8.50. The van der Waals surface area contributed by atoms with Crippen molar-refractivity contribution in [3.05, 3.63) is 30.3 Å². The molecule has 0 unspecified atom stereocenters. The predicted octanol–water partition coefficient (Wildman–Crippen LogP) is 3.43. The van der Waals surface area contributed by atoms with Gasteiger partial charge in [0.2, 0.25) is 0 Å². The Morgan fingerprint density at radius 2 is 1.53 bits per heavy atom. The fourth-order valence-electron chi connectivity index (χ4n) is 1.76. The summed E-state index contributed by atoms with van der Waals surface area (Å²) >= 11 is 4.49. The fraction of sp³-hybridized carbons (Fsp3) is 0.455. The van der Waals surface area contributed by atoms with Gasteiger partial charge in [0.05, 0.1) is 0 Å². The lowest BCUT2D eigenvalue weighted by Gasteiger charge is -2.31. The van der Waals surface area contributed by atoms with E-state index < -0.39 is 0 Å². The predicted molar refractivity (Wildman–Crippen MR) is 75.2 cm³/mol. The maximum absolute atomic E-state index is 4.49. The maximum atomic E-state index is 4.49. The monoisotopic (exact) mass is 265 g/mol. The summed E-state index contributed by atoms with van der Waals surface area (Å²) in [4.78, 5) is 2.44. The molecule has 0 N–H and O–H groups in total. The first-order valence-corrected chi connectivity index (χ1v) is 5.36. The van der Waals surface area contributed by atoms with Crippen LogP contribution in [0.15, 0.2) is 30.3 Å². The minimum absolute atomic E-state index is 0. The smallest absolute Gasteiger partial charge is 0.0366 e. The maximum Gasteiger partial charge on any atom is 0.0366 e. The number of halogens is 2. The Balaban J connectivity index is 0.000000980. The number of piperidine rings is 1. The van der Waals surface area contributed by atoms with Gasteiger partial charge in [-0.25, -0.2) is 0 Å². The van der Waals surface area contributed by atoms with E-state index in [1.807, 2.05) is 0 Å². The number of para-hydroxylation sites is 1. The molecule has 1 aromatic rings. The molecule has 1 aliphatic heterocycles. The van der Waals surface area contributed by atoms with Crippen LogP contribution >= 0.6 is 37.4 Å². The molecule has 4 heteroatoms. The van der Waals surface area contributed by atoms with Gasteiger partial charge in [0.1, 0.15) is 0 Å². The third kappa shape index (κ3) is 4.13. The normalized spacial score (nSPS) is 16.5. The summed E-state index contributed by atoms with van der Waals surface area (Å²) in [5.74, 6) is 0. The highest BCUT2D eigenvalue weighted by Crippen LogP contribution is 2.21. The Labute approximate surface area is 109 Å². The molecule has 0 amide bonds. The van der Waals surface area contributed by atoms with Crippen LogP contribution in [-0.2, 0) is 0 Å². The van der Waals surface area contributed by atoms with Gasteiger partial charge in [-0.15, -0.1) is 24.8 Å². The summed E-state index contributed by atoms with van der Waals surface area (Å²) in [5, 5.41) is 0.611. The van der Waals surface area contributed by atoms with E-state index in [1.54, 1.807) is 0 Å². The van der Waals surface area contributed by atoms with Gasteiger partial charge in [-0.2, -0.15) is 12.6 Å². The van der Waals surface area contributed by atoms with Gasteiger partial charge in [-0.05, 0) is 25.0 Å². The minimum Gasteiger partial charge on any atom is -0.371 e. The Hall–Kier alpha value is -0.0500. The number of thiol groups is 1. The van der Waals surface area contributed by atoms with Crippen molar-refractivity contribution in [3.8, 4) is 0 Å². The quantitative estimate of drug-likeness (QED) is 0.762. The standard InChI is InChI=1S/C11H15NS.2ClH/c13-11-6-8-12(9-7-11)10-4-2-1-3-5-10;;/h1-5,11,13H,6-9H2;2*1H. The van der Waals surface area contributed by atoms with Gasteiger partial charge in [0.25, 0.3) is 0 Å². The van der Waals surface area contributed by atoms with Crippen LogP contribution in [0, 0.1) is 0 Å². The molecule has 1 aliphatic rings. The first-order valence-electron chi connectivity index (χ1n) is 4.84. The highest BCUT2D eigenvalue weighted by Gasteiger charge is 2.15. The lowest BCUT2D eigenvalue weighted by Crippen LogP contribution is -2.33. The van der Waals surface area contributed by atoms with E-state index in [1.165, 1.54) is 18.5 Å². The first kappa shape index (κ1) is 14.9. The van der Waals surface area contributed by atoms with Crippen molar-refractivity contribution < 1.29 is 0 Å². The molecule has 0 radical (unpaired) electrons. The molecule has 0 aliphatic carbocycles. The van der Waals surface area contributed by atoms with E-state index in [-0.39, 0.29) is 24.8 Å². The molecular formula is C11H17Cl2NS. The molecule has 0 aromatic heterocycles. The van der Waals surface area contributed by atoms with Crippen molar-refractivity contribution >= 4 is 43.1 Å². The summed E-state index contributed by atoms with van der Waals surface area (Å²) < 4.78 is 0. The summed E-state index contributed by atoms with van der Waals surface area (Å²) in [6.07, 6.45) is 2.41. The van der Waals surface area contributed by atoms with Gasteiger partial charge >= 0.3 is 0 Å². The Kier molecular flexibility index (Phi) is 7.24. The summed E-state index contributed by atoms with van der Waals surface area (Å²) in [7, 11) is 0. The number of hydrogen-bond acceptors (Lipinski definition) is 2. The highest BCUT2D eigenvalue weighted by atomic mass is 35.5. The Morgan fingerprint density at radius 3 is 2.07 bits per heavy atom. The van der Waals surface area contributed by atoms with Crippen LogP contribution in [0.1, 0.15) is 12.8 Å². The van der Waals surface area contributed by atoms with Gasteiger partial charge < -0.3 is 4.90 Å². The van der Waals surface area contributed by atoms with E-state index in [9.17, 15) is 0 Å². The average Bonchev–Trinajstić information content (AvgIpc) is 2.20. The van der Waals surface area contributed by atoms with E-state index in [2.05, 4.69) is 47.9 Å². The molecule has 2 rings (SSSR count). The van der Waals surface area contributed by atoms with Crippen molar-refractivity contribution in [3.63, 3.8) is 0 Å². The Morgan fingerprint density at radius 1 is 1.00 bits per heavy atom. The van der Waals surface area contributed by atoms with E-state index >= 15 is 0 Å². The molecule has 1 fully saturated rings. The summed E-state index contributed by atoms with van der Waals surface area (Å²) in [6, 6.07) is 10.6. The average molecular weight is 266 g/mol. The summed E-state index contributed by atoms with van der Waals surface area (Å²) in [5.41, 5.74) is 1.35. The van der Waals surface area contributed by atoms with Gasteiger partial charge in [0, 0.05) is 24.0 Å². The van der Waals surface area contributed by atoms with Crippen LogP contribution in [-0.4, -0.2) is 18.3 Å². The molecule has 0 saturated carbocycles. The van der Waals surface area contributed by atoms with Gasteiger partial charge in [0.15, 0.2) is 0 Å². The van der Waals surface area contributed by atoms with E-state index in [0.29, 0.717) is 5.25 Å². The number of rotatable bonds is 1. The number of hydrogen-bond donors (Lipinski definition) is 1. The topological polar surface area (TPSA) is 3.24 Å². The lowest BCUT2D eigenvalue weighted by molar-refractivity contribution is 0.593. The van der Waals surface area contributed by atoms with Gasteiger partial charge in [-0.3, -0.25) is 0 Å². The molecule has 1 heterocycles. The Bertz CT molecular complexity index is 261. The molecule has 1 saturated heterocycles. The van der Waals surface area contributed by atoms with Crippen LogP contribution in [0.3, 0.4) is 0 Å². The van der Waals surface area contributed by atoms with Crippen molar-refractivity contribution in [1.82, 2.24) is 0 Å². The van der Waals surface area contributed by atoms with E-state index in [0.717, 1.165) is 13.1 Å². The van der Waals surface area contributed by atoms with Crippen LogP contribution < -0.4 is 4.90 Å². The highest BCUT2D eigenvalue weighted by molar-refractivity contribution is 7.80. The van der Waals surface area contributed by atoms with Crippen molar-refractivity contribution in [2.24, 2.45) is 0 Å². The van der Waals surface area contributed by atoms with E-state index in [4.69, 9.17) is 0 Å².